The van der Waals surface area contributed by atoms with E-state index in [0.29, 0.717) is 43.9 Å². The smallest absolute Gasteiger partial charge is 0.252 e. The number of Topliss-reactive ketones (excluding diaryl/α,β-unsaturated/α-hetero) is 1. The molecule has 0 spiro atoms. The lowest BCUT2D eigenvalue weighted by molar-refractivity contribution is -0.131. The molecule has 1 amide bonds. The third kappa shape index (κ3) is 3.30. The van der Waals surface area contributed by atoms with E-state index in [4.69, 9.17) is 4.74 Å². The number of ketones is 1. The van der Waals surface area contributed by atoms with Crippen LogP contribution in [0.15, 0.2) is 46.8 Å². The van der Waals surface area contributed by atoms with E-state index in [1.165, 1.54) is 12.1 Å². The average molecular weight is 370 g/mol. The predicted molar refractivity (Wildman–Crippen MR) is 98.3 cm³/mol. The highest BCUT2D eigenvalue weighted by Gasteiger charge is 2.39. The van der Waals surface area contributed by atoms with Crippen molar-refractivity contribution in [1.82, 2.24) is 10.2 Å². The molecule has 1 saturated heterocycles. The predicted octanol–water partition coefficient (Wildman–Crippen LogP) is 2.65. The van der Waals surface area contributed by atoms with Crippen molar-refractivity contribution in [2.75, 3.05) is 26.3 Å². The van der Waals surface area contributed by atoms with E-state index in [0.717, 1.165) is 29.8 Å². The van der Waals surface area contributed by atoms with Gasteiger partial charge < -0.3 is 15.0 Å². The molecule has 4 rings (SSSR count). The number of dihydropyridines is 1. The molecular weight excluding hydrogens is 347 g/mol. The fourth-order valence-electron chi connectivity index (χ4n) is 4.19. The van der Waals surface area contributed by atoms with Gasteiger partial charge in [-0.05, 0) is 37.5 Å². The van der Waals surface area contributed by atoms with Gasteiger partial charge in [0.1, 0.15) is 5.82 Å². The Morgan fingerprint density at radius 3 is 2.59 bits per heavy atom. The number of amides is 1. The highest BCUT2D eigenvalue weighted by Crippen LogP contribution is 2.42. The maximum absolute atomic E-state index is 13.5. The summed E-state index contributed by atoms with van der Waals surface area (Å²) in [5.74, 6) is -0.802. The summed E-state index contributed by atoms with van der Waals surface area (Å²) in [5, 5.41) is 3.32. The summed E-state index contributed by atoms with van der Waals surface area (Å²) < 4.78 is 18.9. The Morgan fingerprint density at radius 2 is 1.89 bits per heavy atom. The van der Waals surface area contributed by atoms with Crippen molar-refractivity contribution in [3.8, 4) is 0 Å². The summed E-state index contributed by atoms with van der Waals surface area (Å²) in [6.07, 6.45) is 2.08. The van der Waals surface area contributed by atoms with Crippen molar-refractivity contribution in [2.24, 2.45) is 0 Å². The zero-order valence-electron chi connectivity index (χ0n) is 15.4. The maximum atomic E-state index is 13.5. The fraction of sp³-hybridized carbons (Fsp3) is 0.429. The summed E-state index contributed by atoms with van der Waals surface area (Å²) in [6, 6.07) is 6.13. The molecule has 1 N–H and O–H groups in total. The van der Waals surface area contributed by atoms with Crippen LogP contribution in [-0.2, 0) is 14.3 Å². The van der Waals surface area contributed by atoms with Crippen LogP contribution in [0.2, 0.25) is 0 Å². The van der Waals surface area contributed by atoms with E-state index in [-0.39, 0.29) is 17.5 Å². The minimum absolute atomic E-state index is 0.0675. The molecule has 2 heterocycles. The molecule has 1 atom stereocenters. The van der Waals surface area contributed by atoms with E-state index in [2.05, 4.69) is 5.32 Å². The van der Waals surface area contributed by atoms with Crippen molar-refractivity contribution in [3.05, 3.63) is 58.2 Å². The van der Waals surface area contributed by atoms with Crippen LogP contribution in [-0.4, -0.2) is 42.9 Å². The first kappa shape index (κ1) is 17.9. The largest absolute Gasteiger partial charge is 0.378 e. The molecule has 6 heteroatoms. The van der Waals surface area contributed by atoms with E-state index in [9.17, 15) is 14.0 Å². The lowest BCUT2D eigenvalue weighted by Crippen LogP contribution is -2.44. The number of allylic oxidation sites excluding steroid dienone is 3. The summed E-state index contributed by atoms with van der Waals surface area (Å²) in [4.78, 5) is 27.9. The van der Waals surface area contributed by atoms with Crippen LogP contribution in [0, 0.1) is 5.82 Å². The number of hydrogen-bond acceptors (Lipinski definition) is 4. The summed E-state index contributed by atoms with van der Waals surface area (Å²) in [5.41, 5.74) is 3.69. The minimum atomic E-state index is -0.454. The van der Waals surface area contributed by atoms with Crippen molar-refractivity contribution >= 4 is 11.7 Å². The number of hydrogen-bond donors (Lipinski definition) is 1. The fourth-order valence-corrected chi connectivity index (χ4v) is 4.19. The topological polar surface area (TPSA) is 58.6 Å². The molecular formula is C21H23FN2O3. The highest BCUT2D eigenvalue weighted by molar-refractivity contribution is 6.05. The number of ether oxygens (including phenoxy) is 1. The van der Waals surface area contributed by atoms with Gasteiger partial charge in [0.25, 0.3) is 5.91 Å². The Kier molecular flexibility index (Phi) is 4.83. The second kappa shape index (κ2) is 7.27. The average Bonchev–Trinajstić information content (AvgIpc) is 2.68. The zero-order valence-corrected chi connectivity index (χ0v) is 15.4. The number of benzene rings is 1. The van der Waals surface area contributed by atoms with Crippen LogP contribution in [0.4, 0.5) is 4.39 Å². The third-order valence-electron chi connectivity index (χ3n) is 5.51. The maximum Gasteiger partial charge on any atom is 0.252 e. The van der Waals surface area contributed by atoms with Crippen molar-refractivity contribution in [2.45, 2.75) is 32.1 Å². The van der Waals surface area contributed by atoms with Gasteiger partial charge >= 0.3 is 0 Å². The quantitative estimate of drug-likeness (QED) is 0.870. The molecule has 5 nitrogen and oxygen atoms in total. The number of rotatable bonds is 2. The second-order valence-electron chi connectivity index (χ2n) is 7.22. The highest BCUT2D eigenvalue weighted by atomic mass is 19.1. The first-order valence-corrected chi connectivity index (χ1v) is 9.43. The van der Waals surface area contributed by atoms with Gasteiger partial charge in [-0.3, -0.25) is 9.59 Å². The first-order valence-electron chi connectivity index (χ1n) is 9.43. The van der Waals surface area contributed by atoms with E-state index in [1.54, 1.807) is 17.0 Å². The number of carbonyl (C=O) groups is 2. The summed E-state index contributed by atoms with van der Waals surface area (Å²) >= 11 is 0. The molecule has 1 aromatic rings. The van der Waals surface area contributed by atoms with Crippen molar-refractivity contribution in [1.29, 1.82) is 0 Å². The lowest BCUT2D eigenvalue weighted by atomic mass is 9.75. The van der Waals surface area contributed by atoms with Crippen LogP contribution >= 0.6 is 0 Å². The Morgan fingerprint density at radius 1 is 1.19 bits per heavy atom. The SMILES string of the molecule is CC1=C(C(=O)N2CCOCC2)C(c2ccc(F)cc2)C2=C(CCCC2=O)N1. The molecule has 1 fully saturated rings. The zero-order chi connectivity index (χ0) is 19.0. The van der Waals surface area contributed by atoms with Gasteiger partial charge in [0.2, 0.25) is 0 Å². The molecule has 0 saturated carbocycles. The summed E-state index contributed by atoms with van der Waals surface area (Å²) in [6.45, 7) is 3.98. The Balaban J connectivity index is 1.80. The van der Waals surface area contributed by atoms with E-state index >= 15 is 0 Å². The van der Waals surface area contributed by atoms with E-state index in [1.807, 2.05) is 6.92 Å². The summed E-state index contributed by atoms with van der Waals surface area (Å²) in [7, 11) is 0. The van der Waals surface area contributed by atoms with Crippen molar-refractivity contribution < 1.29 is 18.7 Å². The standard InChI is InChI=1S/C21H23FN2O3/c1-13-18(21(26)24-9-11-27-12-10-24)19(14-5-7-15(22)8-6-14)20-16(23-13)3-2-4-17(20)25/h5-8,19,23H,2-4,9-12H2,1H3. The number of carbonyl (C=O) groups excluding carboxylic acids is 2. The second-order valence-corrected chi connectivity index (χ2v) is 7.22. The van der Waals surface area contributed by atoms with Gasteiger partial charge in [-0.25, -0.2) is 4.39 Å². The third-order valence-corrected chi connectivity index (χ3v) is 5.51. The molecule has 1 unspecified atom stereocenters. The molecule has 142 valence electrons. The Bertz CT molecular complexity index is 835. The van der Waals surface area contributed by atoms with Gasteiger partial charge in [0.15, 0.2) is 5.78 Å². The monoisotopic (exact) mass is 370 g/mol. The van der Waals surface area contributed by atoms with Gasteiger partial charge in [0.05, 0.1) is 13.2 Å². The minimum Gasteiger partial charge on any atom is -0.378 e. The van der Waals surface area contributed by atoms with E-state index < -0.39 is 5.92 Å². The molecule has 1 aliphatic carbocycles. The number of nitrogens with zero attached hydrogens (tertiary/aromatic N) is 1. The number of nitrogens with one attached hydrogen (secondary N) is 1. The molecule has 3 aliphatic rings. The molecule has 2 aliphatic heterocycles. The van der Waals surface area contributed by atoms with Crippen LogP contribution < -0.4 is 5.32 Å². The van der Waals surface area contributed by atoms with Crippen molar-refractivity contribution in [3.63, 3.8) is 0 Å². The lowest BCUT2D eigenvalue weighted by Gasteiger charge is -2.37. The van der Waals surface area contributed by atoms with Gasteiger partial charge in [-0.2, -0.15) is 0 Å². The molecule has 0 aromatic heterocycles. The molecule has 0 radical (unpaired) electrons. The molecule has 0 bridgehead atoms. The van der Waals surface area contributed by atoms with Gasteiger partial charge in [0, 0.05) is 48.0 Å². The Hall–Kier alpha value is -2.47. The normalized spacial score (nSPS) is 23.3. The van der Waals surface area contributed by atoms with Gasteiger partial charge in [-0.1, -0.05) is 12.1 Å². The van der Waals surface area contributed by atoms with Crippen LogP contribution in [0.25, 0.3) is 0 Å². The molecule has 1 aromatic carbocycles. The number of halogens is 1. The van der Waals surface area contributed by atoms with Crippen LogP contribution in [0.1, 0.15) is 37.7 Å². The molecule has 27 heavy (non-hydrogen) atoms. The van der Waals surface area contributed by atoms with Gasteiger partial charge in [-0.15, -0.1) is 0 Å². The Labute approximate surface area is 157 Å². The van der Waals surface area contributed by atoms with Crippen LogP contribution in [0.3, 0.4) is 0 Å². The number of morpholine rings is 1. The van der Waals surface area contributed by atoms with Crippen LogP contribution in [0.5, 0.6) is 0 Å². The first-order chi connectivity index (χ1) is 13.1.